The quantitative estimate of drug-likeness (QED) is 0.598. The van der Waals surface area contributed by atoms with Gasteiger partial charge in [-0.15, -0.1) is 6.42 Å². The van der Waals surface area contributed by atoms with E-state index in [0.29, 0.717) is 0 Å². The van der Waals surface area contributed by atoms with E-state index in [-0.39, 0.29) is 12.5 Å². The molecule has 0 saturated heterocycles. The number of rotatable bonds is 5. The van der Waals surface area contributed by atoms with Crippen molar-refractivity contribution in [1.29, 1.82) is 0 Å². The average molecular weight is 190 g/mol. The van der Waals surface area contributed by atoms with Gasteiger partial charge in [-0.05, 0) is 6.92 Å². The van der Waals surface area contributed by atoms with E-state index in [0.717, 1.165) is 0 Å². The molecule has 13 heavy (non-hydrogen) atoms. The fourth-order valence-electron chi connectivity index (χ4n) is 0.650. The van der Waals surface area contributed by atoms with Crippen molar-refractivity contribution in [2.75, 3.05) is 13.1 Å². The number of terminal acetylenes is 1. The molecule has 1 atom stereocenters. The summed E-state index contributed by atoms with van der Waals surface area (Å²) >= 11 is 0. The Balaban J connectivity index is 3.64. The molecule has 0 aliphatic rings. The number of hydrogen-bond acceptors (Lipinski definition) is 2. The largest absolute Gasteiger partial charge is 0.344 e. The molecule has 5 heteroatoms. The van der Waals surface area contributed by atoms with Crippen LogP contribution in [0.15, 0.2) is 0 Å². The van der Waals surface area contributed by atoms with E-state index < -0.39 is 19.0 Å². The van der Waals surface area contributed by atoms with Crippen LogP contribution in [-0.2, 0) is 4.79 Å². The number of nitrogens with one attached hydrogen (secondary N) is 2. The van der Waals surface area contributed by atoms with E-state index >= 15 is 0 Å². The lowest BCUT2D eigenvalue weighted by Crippen LogP contribution is -2.43. The van der Waals surface area contributed by atoms with Crippen molar-refractivity contribution in [3.8, 4) is 12.3 Å². The molecule has 0 rings (SSSR count). The Morgan fingerprint density at radius 1 is 1.62 bits per heavy atom. The highest BCUT2D eigenvalue weighted by Gasteiger charge is 2.12. The molecule has 0 saturated carbocycles. The molecular formula is C8H12F2N2O. The Morgan fingerprint density at radius 3 is 2.69 bits per heavy atom. The second kappa shape index (κ2) is 6.38. The first-order valence-corrected chi connectivity index (χ1v) is 3.80. The van der Waals surface area contributed by atoms with E-state index in [4.69, 9.17) is 6.42 Å². The van der Waals surface area contributed by atoms with Gasteiger partial charge in [-0.25, -0.2) is 8.78 Å². The molecule has 0 spiro atoms. The van der Waals surface area contributed by atoms with Crippen molar-refractivity contribution in [3.63, 3.8) is 0 Å². The van der Waals surface area contributed by atoms with Crippen LogP contribution in [0.25, 0.3) is 0 Å². The zero-order chi connectivity index (χ0) is 10.3. The molecular weight excluding hydrogens is 178 g/mol. The van der Waals surface area contributed by atoms with Gasteiger partial charge in [0.15, 0.2) is 0 Å². The highest BCUT2D eigenvalue weighted by Crippen LogP contribution is 1.90. The maximum Gasteiger partial charge on any atom is 0.250 e. The van der Waals surface area contributed by atoms with Crippen molar-refractivity contribution < 1.29 is 13.6 Å². The predicted molar refractivity (Wildman–Crippen MR) is 45.3 cm³/mol. The summed E-state index contributed by atoms with van der Waals surface area (Å²) in [7, 11) is 0. The number of carbonyl (C=O) groups is 1. The van der Waals surface area contributed by atoms with Gasteiger partial charge >= 0.3 is 0 Å². The molecule has 2 N–H and O–H groups in total. The Morgan fingerprint density at radius 2 is 2.23 bits per heavy atom. The van der Waals surface area contributed by atoms with Gasteiger partial charge < -0.3 is 10.6 Å². The standard InChI is InChI=1S/C8H12F2N2O/c1-3-4-11-8(13)6(2)12-5-7(9)10/h1,6-7,12H,4-5H2,2H3,(H,11,13). The van der Waals surface area contributed by atoms with Crippen molar-refractivity contribution >= 4 is 5.91 Å². The third-order valence-corrected chi connectivity index (χ3v) is 1.34. The number of alkyl halides is 2. The lowest BCUT2D eigenvalue weighted by molar-refractivity contribution is -0.122. The molecule has 0 aromatic carbocycles. The van der Waals surface area contributed by atoms with Crippen LogP contribution in [0.2, 0.25) is 0 Å². The molecule has 0 fully saturated rings. The van der Waals surface area contributed by atoms with Gasteiger partial charge in [0.25, 0.3) is 6.43 Å². The van der Waals surface area contributed by atoms with Crippen LogP contribution < -0.4 is 10.6 Å². The van der Waals surface area contributed by atoms with Crippen molar-refractivity contribution in [2.24, 2.45) is 0 Å². The van der Waals surface area contributed by atoms with E-state index in [1.54, 1.807) is 0 Å². The maximum absolute atomic E-state index is 11.7. The van der Waals surface area contributed by atoms with Crippen LogP contribution in [0.5, 0.6) is 0 Å². The summed E-state index contributed by atoms with van der Waals surface area (Å²) in [5, 5.41) is 4.73. The van der Waals surface area contributed by atoms with Crippen molar-refractivity contribution in [2.45, 2.75) is 19.4 Å². The minimum Gasteiger partial charge on any atom is -0.344 e. The van der Waals surface area contributed by atoms with E-state index in [9.17, 15) is 13.6 Å². The molecule has 0 aliphatic carbocycles. The van der Waals surface area contributed by atoms with Gasteiger partial charge in [0, 0.05) is 0 Å². The molecule has 0 aromatic rings. The Kier molecular flexibility index (Phi) is 5.81. The topological polar surface area (TPSA) is 41.1 Å². The molecule has 0 radical (unpaired) electrons. The molecule has 0 bridgehead atoms. The summed E-state index contributed by atoms with van der Waals surface area (Å²) in [6.07, 6.45) is 2.44. The molecule has 0 aliphatic heterocycles. The fourth-order valence-corrected chi connectivity index (χ4v) is 0.650. The summed E-state index contributed by atoms with van der Waals surface area (Å²) in [6.45, 7) is 1.11. The fraction of sp³-hybridized carbons (Fsp3) is 0.625. The van der Waals surface area contributed by atoms with Crippen LogP contribution in [0.4, 0.5) is 8.78 Å². The first-order valence-electron chi connectivity index (χ1n) is 3.80. The molecule has 3 nitrogen and oxygen atoms in total. The minimum atomic E-state index is -2.46. The number of amides is 1. The Bertz CT molecular complexity index is 201. The Labute approximate surface area is 75.9 Å². The zero-order valence-corrected chi connectivity index (χ0v) is 7.31. The summed E-state index contributed by atoms with van der Waals surface area (Å²) in [5.74, 6) is 1.83. The summed E-state index contributed by atoms with van der Waals surface area (Å²) in [5.41, 5.74) is 0. The summed E-state index contributed by atoms with van der Waals surface area (Å²) < 4.78 is 23.4. The first kappa shape index (κ1) is 11.8. The molecule has 1 amide bonds. The third-order valence-electron chi connectivity index (χ3n) is 1.34. The highest BCUT2D eigenvalue weighted by molar-refractivity contribution is 5.81. The first-order chi connectivity index (χ1) is 6.07. The van der Waals surface area contributed by atoms with E-state index in [1.165, 1.54) is 6.92 Å². The molecule has 0 aromatic heterocycles. The highest BCUT2D eigenvalue weighted by atomic mass is 19.3. The summed E-state index contributed by atoms with van der Waals surface area (Å²) in [4.78, 5) is 11.0. The van der Waals surface area contributed by atoms with Gasteiger partial charge in [-0.3, -0.25) is 4.79 Å². The smallest absolute Gasteiger partial charge is 0.250 e. The van der Waals surface area contributed by atoms with Gasteiger partial charge in [0.05, 0.1) is 19.1 Å². The van der Waals surface area contributed by atoms with Crippen LogP contribution in [0.3, 0.4) is 0 Å². The monoisotopic (exact) mass is 190 g/mol. The van der Waals surface area contributed by atoms with Gasteiger partial charge in [0.1, 0.15) is 0 Å². The molecule has 0 heterocycles. The van der Waals surface area contributed by atoms with Crippen LogP contribution in [-0.4, -0.2) is 31.5 Å². The Hall–Kier alpha value is -1.15. The molecule has 74 valence electrons. The predicted octanol–water partition coefficient (Wildman–Crippen LogP) is -0.0210. The average Bonchev–Trinajstić information content (AvgIpc) is 2.10. The maximum atomic E-state index is 11.7. The lowest BCUT2D eigenvalue weighted by Gasteiger charge is -2.11. The van der Waals surface area contributed by atoms with E-state index in [1.807, 2.05) is 0 Å². The summed E-state index contributed by atoms with van der Waals surface area (Å²) in [6, 6.07) is -0.651. The van der Waals surface area contributed by atoms with Gasteiger partial charge in [-0.2, -0.15) is 0 Å². The minimum absolute atomic E-state index is 0.111. The second-order valence-corrected chi connectivity index (χ2v) is 2.44. The van der Waals surface area contributed by atoms with Crippen LogP contribution >= 0.6 is 0 Å². The number of halogens is 2. The number of hydrogen-bond donors (Lipinski definition) is 2. The van der Waals surface area contributed by atoms with E-state index in [2.05, 4.69) is 16.6 Å². The van der Waals surface area contributed by atoms with Gasteiger partial charge in [-0.1, -0.05) is 5.92 Å². The third kappa shape index (κ3) is 6.05. The van der Waals surface area contributed by atoms with Crippen LogP contribution in [0.1, 0.15) is 6.92 Å². The van der Waals surface area contributed by atoms with Gasteiger partial charge in [0.2, 0.25) is 5.91 Å². The van der Waals surface area contributed by atoms with Crippen LogP contribution in [0, 0.1) is 12.3 Å². The second-order valence-electron chi connectivity index (χ2n) is 2.44. The zero-order valence-electron chi connectivity index (χ0n) is 7.31. The normalized spacial score (nSPS) is 12.2. The SMILES string of the molecule is C#CCNC(=O)C(C)NCC(F)F. The van der Waals surface area contributed by atoms with Crippen molar-refractivity contribution in [3.05, 3.63) is 0 Å². The molecule has 1 unspecified atom stereocenters. The van der Waals surface area contributed by atoms with Crippen molar-refractivity contribution in [1.82, 2.24) is 10.6 Å². The lowest BCUT2D eigenvalue weighted by atomic mass is 10.3. The number of carbonyl (C=O) groups excluding carboxylic acids is 1.